The van der Waals surface area contributed by atoms with Crippen molar-refractivity contribution in [2.45, 2.75) is 43.4 Å². The van der Waals surface area contributed by atoms with E-state index in [9.17, 15) is 8.42 Å². The van der Waals surface area contributed by atoms with E-state index in [1.807, 2.05) is 18.2 Å². The van der Waals surface area contributed by atoms with Crippen molar-refractivity contribution in [2.24, 2.45) is 0 Å². The second-order valence-corrected chi connectivity index (χ2v) is 9.97. The molecule has 4 rings (SSSR count). The number of sulfonamides is 1. The number of halogens is 1. The fourth-order valence-electron chi connectivity index (χ4n) is 4.01. The molecule has 26 heavy (non-hydrogen) atoms. The number of nitrogens with zero attached hydrogens (tertiary/aromatic N) is 3. The minimum atomic E-state index is -3.53. The van der Waals surface area contributed by atoms with E-state index >= 15 is 0 Å². The first kappa shape index (κ1) is 18.2. The summed E-state index contributed by atoms with van der Waals surface area (Å²) in [4.78, 5) is 7.12. The van der Waals surface area contributed by atoms with Gasteiger partial charge in [-0.2, -0.15) is 4.31 Å². The fourth-order valence-corrected chi connectivity index (χ4v) is 6.05. The Balaban J connectivity index is 1.89. The zero-order valence-electron chi connectivity index (χ0n) is 14.8. The lowest BCUT2D eigenvalue weighted by atomic mass is 10.1. The Bertz CT molecular complexity index is 904. The Labute approximate surface area is 163 Å². The highest BCUT2D eigenvalue weighted by molar-refractivity contribution is 9.10. The number of rotatable bonds is 3. The molecular formula is C19H24BrN3O2S. The summed E-state index contributed by atoms with van der Waals surface area (Å²) >= 11 is 3.49. The van der Waals surface area contributed by atoms with Crippen molar-refractivity contribution in [3.8, 4) is 0 Å². The molecule has 140 valence electrons. The molecule has 2 saturated heterocycles. The van der Waals surface area contributed by atoms with Crippen LogP contribution in [-0.2, 0) is 10.0 Å². The Morgan fingerprint density at radius 3 is 2.27 bits per heavy atom. The van der Waals surface area contributed by atoms with Gasteiger partial charge in [0.05, 0.1) is 11.2 Å². The van der Waals surface area contributed by atoms with E-state index in [2.05, 4.69) is 25.8 Å². The first-order valence-electron chi connectivity index (χ1n) is 9.41. The summed E-state index contributed by atoms with van der Waals surface area (Å²) in [5.74, 6) is 0. The van der Waals surface area contributed by atoms with Crippen LogP contribution in [0.1, 0.15) is 38.5 Å². The molecule has 2 aliphatic rings. The summed E-state index contributed by atoms with van der Waals surface area (Å²) in [5.41, 5.74) is 1.67. The fraction of sp³-hybridized carbons (Fsp3) is 0.526. The lowest BCUT2D eigenvalue weighted by Gasteiger charge is -2.33. The van der Waals surface area contributed by atoms with Crippen LogP contribution in [0.2, 0.25) is 0 Å². The molecule has 0 atom stereocenters. The molecule has 1 aromatic heterocycles. The summed E-state index contributed by atoms with van der Waals surface area (Å²) in [7, 11) is -3.53. The van der Waals surface area contributed by atoms with Crippen LogP contribution < -0.4 is 4.90 Å². The molecule has 5 nitrogen and oxygen atoms in total. The maximum Gasteiger partial charge on any atom is 0.246 e. The number of aromatic nitrogens is 1. The smallest absolute Gasteiger partial charge is 0.246 e. The molecule has 2 aromatic rings. The first-order valence-corrected chi connectivity index (χ1v) is 11.6. The standard InChI is InChI=1S/C19H24BrN3O2S/c20-15-7-8-16-17(13-15)21-14-18(19(16)22-9-3-1-4-10-22)26(24,25)23-11-5-2-6-12-23/h7-8,13-14H,1-6,9-12H2. The molecule has 0 spiro atoms. The monoisotopic (exact) mass is 437 g/mol. The first-order chi connectivity index (χ1) is 12.6. The number of piperidine rings is 2. The molecule has 7 heteroatoms. The second-order valence-electron chi connectivity index (χ2n) is 7.14. The van der Waals surface area contributed by atoms with Crippen molar-refractivity contribution in [3.63, 3.8) is 0 Å². The van der Waals surface area contributed by atoms with Crippen LogP contribution in [0.5, 0.6) is 0 Å². The van der Waals surface area contributed by atoms with Gasteiger partial charge < -0.3 is 4.90 Å². The summed E-state index contributed by atoms with van der Waals surface area (Å²) in [6, 6.07) is 5.92. The van der Waals surface area contributed by atoms with Gasteiger partial charge >= 0.3 is 0 Å². The van der Waals surface area contributed by atoms with Crippen LogP contribution in [0.4, 0.5) is 5.69 Å². The number of fused-ring (bicyclic) bond motifs is 1. The average molecular weight is 438 g/mol. The van der Waals surface area contributed by atoms with Gasteiger partial charge in [0.15, 0.2) is 0 Å². The molecule has 3 heterocycles. The third kappa shape index (κ3) is 3.37. The third-order valence-corrected chi connectivity index (χ3v) is 7.77. The molecule has 0 aliphatic carbocycles. The number of hydrogen-bond acceptors (Lipinski definition) is 4. The number of benzene rings is 1. The molecule has 1 aromatic carbocycles. The lowest BCUT2D eigenvalue weighted by Crippen LogP contribution is -2.37. The average Bonchev–Trinajstić information content (AvgIpc) is 2.68. The Hall–Kier alpha value is -1.18. The maximum absolute atomic E-state index is 13.4. The Morgan fingerprint density at radius 2 is 1.58 bits per heavy atom. The van der Waals surface area contributed by atoms with Gasteiger partial charge in [0.1, 0.15) is 4.90 Å². The van der Waals surface area contributed by atoms with Gasteiger partial charge in [-0.15, -0.1) is 0 Å². The highest BCUT2D eigenvalue weighted by atomic mass is 79.9. The van der Waals surface area contributed by atoms with E-state index < -0.39 is 10.0 Å². The maximum atomic E-state index is 13.4. The molecule has 0 saturated carbocycles. The predicted octanol–water partition coefficient (Wildman–Crippen LogP) is 4.16. The van der Waals surface area contributed by atoms with E-state index in [0.717, 1.165) is 66.3 Å². The van der Waals surface area contributed by atoms with Gasteiger partial charge in [0.2, 0.25) is 10.0 Å². The van der Waals surface area contributed by atoms with Gasteiger partial charge in [-0.1, -0.05) is 22.4 Å². The van der Waals surface area contributed by atoms with Crippen molar-refractivity contribution in [1.82, 2.24) is 9.29 Å². The Kier molecular flexibility index (Phi) is 5.21. The SMILES string of the molecule is O=S(=O)(c1cnc2cc(Br)ccc2c1N1CCCCC1)N1CCCCC1. The zero-order valence-corrected chi connectivity index (χ0v) is 17.2. The number of pyridine rings is 1. The lowest BCUT2D eigenvalue weighted by molar-refractivity contribution is 0.346. The van der Waals surface area contributed by atoms with Crippen LogP contribution in [-0.4, -0.2) is 43.9 Å². The molecule has 0 bridgehead atoms. The van der Waals surface area contributed by atoms with Crippen LogP contribution in [0.15, 0.2) is 33.8 Å². The van der Waals surface area contributed by atoms with Gasteiger partial charge in [0, 0.05) is 42.2 Å². The summed E-state index contributed by atoms with van der Waals surface area (Å²) in [6.45, 7) is 3.02. The van der Waals surface area contributed by atoms with Crippen molar-refractivity contribution < 1.29 is 8.42 Å². The molecule has 2 aliphatic heterocycles. The van der Waals surface area contributed by atoms with E-state index in [1.54, 1.807) is 10.5 Å². The molecule has 0 amide bonds. The van der Waals surface area contributed by atoms with Gasteiger partial charge in [-0.25, -0.2) is 8.42 Å². The van der Waals surface area contributed by atoms with Crippen molar-refractivity contribution in [3.05, 3.63) is 28.9 Å². The van der Waals surface area contributed by atoms with Gasteiger partial charge in [-0.3, -0.25) is 4.98 Å². The number of hydrogen-bond donors (Lipinski definition) is 0. The van der Waals surface area contributed by atoms with E-state index in [1.165, 1.54) is 6.42 Å². The van der Waals surface area contributed by atoms with Crippen LogP contribution in [0.3, 0.4) is 0 Å². The van der Waals surface area contributed by atoms with Crippen molar-refractivity contribution in [2.75, 3.05) is 31.1 Å². The quantitative estimate of drug-likeness (QED) is 0.722. The summed E-state index contributed by atoms with van der Waals surface area (Å²) in [5, 5.41) is 0.924. The van der Waals surface area contributed by atoms with E-state index in [-0.39, 0.29) is 0 Å². The summed E-state index contributed by atoms with van der Waals surface area (Å²) < 4.78 is 29.4. The zero-order chi connectivity index (χ0) is 18.1. The van der Waals surface area contributed by atoms with Gasteiger partial charge in [0.25, 0.3) is 0 Å². The molecular weight excluding hydrogens is 414 g/mol. The normalized spacial score (nSPS) is 19.8. The van der Waals surface area contributed by atoms with Crippen molar-refractivity contribution in [1.29, 1.82) is 0 Å². The molecule has 0 N–H and O–H groups in total. The topological polar surface area (TPSA) is 53.5 Å². The van der Waals surface area contributed by atoms with Crippen LogP contribution in [0.25, 0.3) is 10.9 Å². The minimum absolute atomic E-state index is 0.371. The predicted molar refractivity (Wildman–Crippen MR) is 108 cm³/mol. The van der Waals surface area contributed by atoms with E-state index in [4.69, 9.17) is 0 Å². The van der Waals surface area contributed by atoms with Crippen LogP contribution >= 0.6 is 15.9 Å². The summed E-state index contributed by atoms with van der Waals surface area (Å²) in [6.07, 6.45) is 7.96. The van der Waals surface area contributed by atoms with Gasteiger partial charge in [-0.05, 0) is 50.3 Å². The number of anilines is 1. The highest BCUT2D eigenvalue weighted by Gasteiger charge is 2.31. The highest BCUT2D eigenvalue weighted by Crippen LogP contribution is 2.37. The molecule has 0 unspecified atom stereocenters. The van der Waals surface area contributed by atoms with Crippen LogP contribution in [0, 0.1) is 0 Å². The molecule has 0 radical (unpaired) electrons. The molecule has 2 fully saturated rings. The largest absolute Gasteiger partial charge is 0.370 e. The Morgan fingerprint density at radius 1 is 0.923 bits per heavy atom. The second kappa shape index (κ2) is 7.44. The van der Waals surface area contributed by atoms with E-state index in [0.29, 0.717) is 18.0 Å². The third-order valence-electron chi connectivity index (χ3n) is 5.37. The van der Waals surface area contributed by atoms with Crippen molar-refractivity contribution >= 4 is 42.5 Å². The minimum Gasteiger partial charge on any atom is -0.370 e.